The first-order chi connectivity index (χ1) is 15.4. The standard InChI is InChI=1S/C24H26N4O4/c1-15(17-8-6-5-7-9-17)13-25-23(30)14-27-19-12-21(32-4)20(31-3)11-18(19)24-26-22(29)10-16(2)28(24)27/h5-12,15H,13-14H2,1-4H3,(H,25,30)/t15-/m0/s1. The van der Waals surface area contributed by atoms with Crippen molar-refractivity contribution < 1.29 is 14.3 Å². The van der Waals surface area contributed by atoms with Gasteiger partial charge in [0.15, 0.2) is 17.1 Å². The molecule has 1 N–H and O–H groups in total. The number of amides is 1. The predicted molar refractivity (Wildman–Crippen MR) is 123 cm³/mol. The van der Waals surface area contributed by atoms with Gasteiger partial charge in [-0.05, 0) is 24.5 Å². The lowest BCUT2D eigenvalue weighted by molar-refractivity contribution is -0.121. The maximum Gasteiger partial charge on any atom is 0.273 e. The highest BCUT2D eigenvalue weighted by atomic mass is 16.5. The minimum atomic E-state index is -0.336. The van der Waals surface area contributed by atoms with Crippen LogP contribution in [0.2, 0.25) is 0 Å². The molecule has 0 spiro atoms. The smallest absolute Gasteiger partial charge is 0.273 e. The van der Waals surface area contributed by atoms with Crippen molar-refractivity contribution in [3.8, 4) is 11.5 Å². The van der Waals surface area contributed by atoms with Crippen LogP contribution in [0.1, 0.15) is 24.1 Å². The normalized spacial score (nSPS) is 12.1. The predicted octanol–water partition coefficient (Wildman–Crippen LogP) is 2.89. The number of carbonyl (C=O) groups excluding carboxylic acids is 1. The molecule has 166 valence electrons. The van der Waals surface area contributed by atoms with Crippen LogP contribution < -0.4 is 20.3 Å². The lowest BCUT2D eigenvalue weighted by Gasteiger charge is -2.15. The SMILES string of the molecule is COc1cc2c(cc1OC)n(CC(=O)NC[C@H](C)c1ccccc1)n1c(C)cc(=O)nc21. The van der Waals surface area contributed by atoms with Gasteiger partial charge in [-0.1, -0.05) is 37.3 Å². The number of hydrogen-bond donors (Lipinski definition) is 1. The number of fused-ring (bicyclic) bond motifs is 3. The molecule has 4 rings (SSSR count). The first-order valence-corrected chi connectivity index (χ1v) is 10.4. The number of rotatable bonds is 7. The van der Waals surface area contributed by atoms with Crippen LogP contribution in [0.25, 0.3) is 16.6 Å². The van der Waals surface area contributed by atoms with Gasteiger partial charge in [0.2, 0.25) is 5.91 Å². The number of nitrogens with one attached hydrogen (secondary N) is 1. The van der Waals surface area contributed by atoms with E-state index < -0.39 is 0 Å². The summed E-state index contributed by atoms with van der Waals surface area (Å²) in [6.45, 7) is 4.47. The van der Waals surface area contributed by atoms with E-state index in [0.29, 0.717) is 34.8 Å². The third kappa shape index (κ3) is 3.91. The van der Waals surface area contributed by atoms with Gasteiger partial charge in [0.1, 0.15) is 6.54 Å². The molecule has 1 amide bonds. The number of ether oxygens (including phenoxy) is 2. The molecule has 4 aromatic rings. The monoisotopic (exact) mass is 434 g/mol. The van der Waals surface area contributed by atoms with Crippen molar-refractivity contribution in [3.05, 3.63) is 70.1 Å². The Hall–Kier alpha value is -3.81. The Morgan fingerprint density at radius 3 is 2.47 bits per heavy atom. The van der Waals surface area contributed by atoms with E-state index in [-0.39, 0.29) is 23.9 Å². The summed E-state index contributed by atoms with van der Waals surface area (Å²) in [6.07, 6.45) is 0. The zero-order valence-electron chi connectivity index (χ0n) is 18.6. The zero-order valence-corrected chi connectivity index (χ0v) is 18.6. The van der Waals surface area contributed by atoms with Crippen molar-refractivity contribution in [2.45, 2.75) is 26.3 Å². The van der Waals surface area contributed by atoms with E-state index in [2.05, 4.69) is 29.4 Å². The number of aryl methyl sites for hydroxylation is 1. The van der Waals surface area contributed by atoms with Crippen molar-refractivity contribution >= 4 is 22.5 Å². The maximum absolute atomic E-state index is 12.9. The Bertz CT molecular complexity index is 1340. The minimum absolute atomic E-state index is 0.0579. The van der Waals surface area contributed by atoms with Crippen LogP contribution in [0, 0.1) is 6.92 Å². The van der Waals surface area contributed by atoms with Crippen molar-refractivity contribution in [1.82, 2.24) is 19.5 Å². The Balaban J connectivity index is 1.72. The van der Waals surface area contributed by atoms with Crippen LogP contribution in [0.5, 0.6) is 11.5 Å². The molecular weight excluding hydrogens is 408 g/mol. The Morgan fingerprint density at radius 1 is 1.09 bits per heavy atom. The molecule has 8 nitrogen and oxygen atoms in total. The van der Waals surface area contributed by atoms with Crippen LogP contribution >= 0.6 is 0 Å². The van der Waals surface area contributed by atoms with Gasteiger partial charge >= 0.3 is 0 Å². The van der Waals surface area contributed by atoms with Gasteiger partial charge in [0, 0.05) is 29.8 Å². The van der Waals surface area contributed by atoms with Crippen LogP contribution in [0.4, 0.5) is 0 Å². The molecule has 0 aliphatic rings. The second-order valence-electron chi connectivity index (χ2n) is 7.77. The summed E-state index contributed by atoms with van der Waals surface area (Å²) < 4.78 is 14.5. The molecule has 0 fully saturated rings. The summed E-state index contributed by atoms with van der Waals surface area (Å²) in [6, 6.07) is 15.1. The van der Waals surface area contributed by atoms with Gasteiger partial charge in [-0.15, -0.1) is 0 Å². The first kappa shape index (κ1) is 21.4. The molecular formula is C24H26N4O4. The molecule has 0 saturated carbocycles. The second-order valence-corrected chi connectivity index (χ2v) is 7.77. The summed E-state index contributed by atoms with van der Waals surface area (Å²) in [5.41, 5.74) is 2.70. The number of aromatic nitrogens is 3. The third-order valence-electron chi connectivity index (χ3n) is 5.61. The molecule has 2 heterocycles. The van der Waals surface area contributed by atoms with Gasteiger partial charge in [-0.3, -0.25) is 14.3 Å². The number of carbonyl (C=O) groups is 1. The molecule has 0 aliphatic carbocycles. The molecule has 0 aliphatic heterocycles. The molecule has 0 radical (unpaired) electrons. The summed E-state index contributed by atoms with van der Waals surface area (Å²) in [7, 11) is 3.11. The van der Waals surface area contributed by atoms with Crippen molar-refractivity contribution in [2.24, 2.45) is 0 Å². The average molecular weight is 434 g/mol. The summed E-state index contributed by atoms with van der Waals surface area (Å²) in [5, 5.41) is 3.72. The molecule has 0 saturated heterocycles. The van der Waals surface area contributed by atoms with E-state index in [1.165, 1.54) is 11.6 Å². The molecule has 2 aromatic carbocycles. The number of nitrogens with zero attached hydrogens (tertiary/aromatic N) is 3. The molecule has 8 heteroatoms. The number of hydrogen-bond acceptors (Lipinski definition) is 5. The van der Waals surface area contributed by atoms with Gasteiger partial charge in [-0.25, -0.2) is 4.52 Å². The highest BCUT2D eigenvalue weighted by Gasteiger charge is 2.19. The molecule has 0 unspecified atom stereocenters. The zero-order chi connectivity index (χ0) is 22.8. The molecule has 32 heavy (non-hydrogen) atoms. The van der Waals surface area contributed by atoms with E-state index >= 15 is 0 Å². The fraction of sp³-hybridized carbons (Fsp3) is 0.292. The van der Waals surface area contributed by atoms with E-state index in [4.69, 9.17) is 9.47 Å². The largest absolute Gasteiger partial charge is 0.493 e. The third-order valence-corrected chi connectivity index (χ3v) is 5.61. The first-order valence-electron chi connectivity index (χ1n) is 10.4. The number of methoxy groups -OCH3 is 2. The van der Waals surface area contributed by atoms with E-state index in [9.17, 15) is 9.59 Å². The minimum Gasteiger partial charge on any atom is -0.493 e. The maximum atomic E-state index is 12.9. The van der Waals surface area contributed by atoms with Gasteiger partial charge < -0.3 is 14.8 Å². The lowest BCUT2D eigenvalue weighted by atomic mass is 10.0. The van der Waals surface area contributed by atoms with Gasteiger partial charge in [0.25, 0.3) is 5.56 Å². The quantitative estimate of drug-likeness (QED) is 0.483. The fourth-order valence-corrected chi connectivity index (χ4v) is 3.95. The molecule has 0 bridgehead atoms. The highest BCUT2D eigenvalue weighted by molar-refractivity contribution is 5.96. The number of benzene rings is 2. The van der Waals surface area contributed by atoms with E-state index in [1.54, 1.807) is 35.5 Å². The topological polar surface area (TPSA) is 86.9 Å². The van der Waals surface area contributed by atoms with E-state index in [0.717, 1.165) is 5.52 Å². The second kappa shape index (κ2) is 8.74. The molecule has 1 atom stereocenters. The molecule has 2 aromatic heterocycles. The van der Waals surface area contributed by atoms with Crippen LogP contribution in [0.3, 0.4) is 0 Å². The Morgan fingerprint density at radius 2 is 1.78 bits per heavy atom. The van der Waals surface area contributed by atoms with Crippen molar-refractivity contribution in [2.75, 3.05) is 20.8 Å². The van der Waals surface area contributed by atoms with Crippen LogP contribution in [-0.2, 0) is 11.3 Å². The van der Waals surface area contributed by atoms with Gasteiger partial charge in [-0.2, -0.15) is 4.98 Å². The fourth-order valence-electron chi connectivity index (χ4n) is 3.95. The van der Waals surface area contributed by atoms with E-state index in [1.807, 2.05) is 25.1 Å². The van der Waals surface area contributed by atoms with Gasteiger partial charge in [0.05, 0.1) is 19.7 Å². The Labute approximate surface area is 185 Å². The Kier molecular flexibility index (Phi) is 5.85. The van der Waals surface area contributed by atoms with Crippen molar-refractivity contribution in [3.63, 3.8) is 0 Å². The highest BCUT2D eigenvalue weighted by Crippen LogP contribution is 2.34. The van der Waals surface area contributed by atoms with Crippen LogP contribution in [0.15, 0.2) is 53.3 Å². The summed E-state index contributed by atoms with van der Waals surface area (Å²) in [5.74, 6) is 1.10. The average Bonchev–Trinajstić information content (AvgIpc) is 3.09. The summed E-state index contributed by atoms with van der Waals surface area (Å²) >= 11 is 0. The lowest BCUT2D eigenvalue weighted by Crippen LogP contribution is -2.32. The van der Waals surface area contributed by atoms with Crippen LogP contribution in [-0.4, -0.2) is 40.9 Å². The summed E-state index contributed by atoms with van der Waals surface area (Å²) in [4.78, 5) is 29.2. The van der Waals surface area contributed by atoms with Crippen molar-refractivity contribution in [1.29, 1.82) is 0 Å².